The van der Waals surface area contributed by atoms with Gasteiger partial charge < -0.3 is 4.90 Å². The molecule has 3 aromatic carbocycles. The minimum absolute atomic E-state index is 0.0995. The average molecular weight is 504 g/mol. The molecule has 2 fully saturated rings. The Morgan fingerprint density at radius 3 is 2.19 bits per heavy atom. The normalized spacial score (nSPS) is 18.7. The molecular weight excluding hydrogens is 470 g/mol. The molecule has 0 radical (unpaired) electrons. The van der Waals surface area contributed by atoms with E-state index in [9.17, 15) is 13.2 Å². The molecule has 1 amide bonds. The monoisotopic (exact) mass is 503 g/mol. The second-order valence-electron chi connectivity index (χ2n) is 9.63. The number of piperidine rings is 1. The van der Waals surface area contributed by atoms with Crippen molar-refractivity contribution in [1.82, 2.24) is 14.1 Å². The zero-order valence-electron chi connectivity index (χ0n) is 20.5. The average Bonchev–Trinajstić information content (AvgIpc) is 2.93. The van der Waals surface area contributed by atoms with E-state index in [0.717, 1.165) is 43.5 Å². The van der Waals surface area contributed by atoms with E-state index in [4.69, 9.17) is 0 Å². The number of sulfonamides is 1. The number of fused-ring (bicyclic) bond motifs is 1. The Morgan fingerprint density at radius 2 is 1.47 bits per heavy atom. The van der Waals surface area contributed by atoms with E-state index in [-0.39, 0.29) is 11.8 Å². The summed E-state index contributed by atoms with van der Waals surface area (Å²) in [6, 6.07) is 23.3. The Morgan fingerprint density at radius 1 is 0.806 bits per heavy atom. The summed E-state index contributed by atoms with van der Waals surface area (Å²) in [5.74, 6) is 0.0785. The molecule has 2 aliphatic heterocycles. The summed E-state index contributed by atoms with van der Waals surface area (Å²) in [4.78, 5) is 17.8. The zero-order chi connectivity index (χ0) is 25.0. The first-order chi connectivity index (χ1) is 17.5. The molecule has 0 aliphatic carbocycles. The molecule has 5 rings (SSSR count). The maximum atomic E-state index is 13.2. The molecule has 2 heterocycles. The largest absolute Gasteiger partial charge is 0.340 e. The minimum atomic E-state index is -3.57. The van der Waals surface area contributed by atoms with E-state index < -0.39 is 10.0 Å². The van der Waals surface area contributed by atoms with Crippen LogP contribution in [0.5, 0.6) is 0 Å². The predicted octanol–water partition coefficient (Wildman–Crippen LogP) is 4.10. The third-order valence-electron chi connectivity index (χ3n) is 7.32. The molecule has 36 heavy (non-hydrogen) atoms. The number of benzene rings is 3. The number of rotatable bonds is 6. The fourth-order valence-corrected chi connectivity index (χ4v) is 6.64. The fourth-order valence-electron chi connectivity index (χ4n) is 5.13. The molecule has 3 aromatic rings. The number of carbonyl (C=O) groups excluding carboxylic acids is 1. The van der Waals surface area contributed by atoms with E-state index in [0.29, 0.717) is 30.8 Å². The summed E-state index contributed by atoms with van der Waals surface area (Å²) in [7, 11) is -3.57. The van der Waals surface area contributed by atoms with E-state index in [1.807, 2.05) is 53.4 Å². The summed E-state index contributed by atoms with van der Waals surface area (Å²) in [6.45, 7) is 4.83. The van der Waals surface area contributed by atoms with Crippen molar-refractivity contribution < 1.29 is 13.2 Å². The van der Waals surface area contributed by atoms with Crippen LogP contribution in [0.2, 0.25) is 0 Å². The summed E-state index contributed by atoms with van der Waals surface area (Å²) < 4.78 is 28.0. The lowest BCUT2D eigenvalue weighted by Gasteiger charge is -2.38. The maximum absolute atomic E-state index is 13.2. The highest BCUT2D eigenvalue weighted by Crippen LogP contribution is 2.27. The van der Waals surface area contributed by atoms with Gasteiger partial charge in [-0.25, -0.2) is 8.42 Å². The first kappa shape index (κ1) is 24.7. The highest BCUT2D eigenvalue weighted by molar-refractivity contribution is 7.89. The molecule has 0 atom stereocenters. The van der Waals surface area contributed by atoms with Gasteiger partial charge in [-0.15, -0.1) is 0 Å². The van der Waals surface area contributed by atoms with Gasteiger partial charge in [-0.2, -0.15) is 4.31 Å². The Hall–Kier alpha value is -3.00. The molecule has 0 aromatic heterocycles. The van der Waals surface area contributed by atoms with Crippen molar-refractivity contribution in [3.8, 4) is 0 Å². The first-order valence-corrected chi connectivity index (χ1v) is 14.2. The van der Waals surface area contributed by atoms with E-state index >= 15 is 0 Å². The van der Waals surface area contributed by atoms with Crippen LogP contribution in [0.4, 0.5) is 0 Å². The number of nitrogens with zero attached hydrogens (tertiary/aromatic N) is 3. The van der Waals surface area contributed by atoms with Crippen LogP contribution < -0.4 is 0 Å². The topological polar surface area (TPSA) is 60.9 Å². The predicted molar refractivity (Wildman–Crippen MR) is 144 cm³/mol. The molecular formula is C29H33N3O3S. The second kappa shape index (κ2) is 10.9. The van der Waals surface area contributed by atoms with Gasteiger partial charge in [0.15, 0.2) is 0 Å². The minimum Gasteiger partial charge on any atom is -0.340 e. The Balaban J connectivity index is 1.11. The molecule has 0 saturated carbocycles. The molecule has 6 nitrogen and oxygen atoms in total. The summed E-state index contributed by atoms with van der Waals surface area (Å²) in [5, 5.41) is 1.94. The first-order valence-electron chi connectivity index (χ1n) is 12.7. The van der Waals surface area contributed by atoms with Crippen LogP contribution in [0.1, 0.15) is 18.4 Å². The number of hydrogen-bond donors (Lipinski definition) is 0. The quantitative estimate of drug-likeness (QED) is 0.508. The van der Waals surface area contributed by atoms with Crippen molar-refractivity contribution in [2.45, 2.75) is 17.7 Å². The lowest BCUT2D eigenvalue weighted by Crippen LogP contribution is -2.51. The lowest BCUT2D eigenvalue weighted by molar-refractivity contribution is -0.138. The van der Waals surface area contributed by atoms with Gasteiger partial charge in [-0.1, -0.05) is 72.8 Å². The van der Waals surface area contributed by atoms with Gasteiger partial charge in [0, 0.05) is 51.7 Å². The molecule has 188 valence electrons. The number of amides is 1. The second-order valence-corrected chi connectivity index (χ2v) is 11.6. The van der Waals surface area contributed by atoms with Gasteiger partial charge in [0.2, 0.25) is 15.9 Å². The van der Waals surface area contributed by atoms with Crippen LogP contribution in [0, 0.1) is 5.92 Å². The standard InChI is InChI=1S/C29H33N3O3S/c33-29(31-21-19-30(20-22-31)16-6-9-24-7-2-1-3-8-24)26-14-17-32(18-15-26)36(34,35)28-13-12-25-10-4-5-11-27(25)23-28/h1-13,23,26H,14-22H2/b9-6+. The Bertz CT molecular complexity index is 1320. The Labute approximate surface area is 213 Å². The van der Waals surface area contributed by atoms with Crippen molar-refractivity contribution in [3.05, 3.63) is 84.4 Å². The van der Waals surface area contributed by atoms with Crippen LogP contribution in [-0.2, 0) is 14.8 Å². The SMILES string of the molecule is O=C(C1CCN(S(=O)(=O)c2ccc3ccccc3c2)CC1)N1CCN(C/C=C/c2ccccc2)CC1. The van der Waals surface area contributed by atoms with Crippen LogP contribution >= 0.6 is 0 Å². The number of hydrogen-bond acceptors (Lipinski definition) is 4. The smallest absolute Gasteiger partial charge is 0.243 e. The summed E-state index contributed by atoms with van der Waals surface area (Å²) in [5.41, 5.74) is 1.19. The van der Waals surface area contributed by atoms with Crippen molar-refractivity contribution in [2.75, 3.05) is 45.8 Å². The van der Waals surface area contributed by atoms with Gasteiger partial charge in [0.1, 0.15) is 0 Å². The Kier molecular flexibility index (Phi) is 7.51. The summed E-state index contributed by atoms with van der Waals surface area (Å²) >= 11 is 0. The van der Waals surface area contributed by atoms with Crippen molar-refractivity contribution in [2.24, 2.45) is 5.92 Å². The molecule has 7 heteroatoms. The van der Waals surface area contributed by atoms with Crippen LogP contribution in [0.3, 0.4) is 0 Å². The van der Waals surface area contributed by atoms with Gasteiger partial charge in [-0.05, 0) is 41.3 Å². The van der Waals surface area contributed by atoms with Gasteiger partial charge >= 0.3 is 0 Å². The molecule has 2 aliphatic rings. The van der Waals surface area contributed by atoms with Crippen molar-refractivity contribution >= 4 is 32.8 Å². The molecule has 2 saturated heterocycles. The maximum Gasteiger partial charge on any atom is 0.243 e. The third kappa shape index (κ3) is 5.53. The van der Waals surface area contributed by atoms with Crippen molar-refractivity contribution in [1.29, 1.82) is 0 Å². The highest BCUT2D eigenvalue weighted by Gasteiger charge is 2.34. The van der Waals surface area contributed by atoms with E-state index in [1.165, 1.54) is 9.87 Å². The van der Waals surface area contributed by atoms with Crippen LogP contribution in [0.25, 0.3) is 16.8 Å². The zero-order valence-corrected chi connectivity index (χ0v) is 21.3. The molecule has 0 spiro atoms. The van der Waals surface area contributed by atoms with Crippen molar-refractivity contribution in [3.63, 3.8) is 0 Å². The van der Waals surface area contributed by atoms with Gasteiger partial charge in [0.05, 0.1) is 4.90 Å². The van der Waals surface area contributed by atoms with Gasteiger partial charge in [0.25, 0.3) is 0 Å². The molecule has 0 N–H and O–H groups in total. The number of piperazine rings is 1. The van der Waals surface area contributed by atoms with Crippen LogP contribution in [0.15, 0.2) is 83.8 Å². The highest BCUT2D eigenvalue weighted by atomic mass is 32.2. The molecule has 0 bridgehead atoms. The van der Waals surface area contributed by atoms with E-state index in [1.54, 1.807) is 12.1 Å². The lowest BCUT2D eigenvalue weighted by atomic mass is 9.96. The third-order valence-corrected chi connectivity index (χ3v) is 9.21. The van der Waals surface area contributed by atoms with Gasteiger partial charge in [-0.3, -0.25) is 9.69 Å². The van der Waals surface area contributed by atoms with E-state index in [2.05, 4.69) is 29.2 Å². The van der Waals surface area contributed by atoms with Crippen LogP contribution in [-0.4, -0.2) is 74.2 Å². The molecule has 0 unspecified atom stereocenters. The fraction of sp³-hybridized carbons (Fsp3) is 0.345. The summed E-state index contributed by atoms with van der Waals surface area (Å²) in [6.07, 6.45) is 5.47. The number of carbonyl (C=O) groups is 1.